The smallest absolute Gasteiger partial charge is 0.345 e. The normalized spacial score (nSPS) is 10.1. The summed E-state index contributed by atoms with van der Waals surface area (Å²) in [6.45, 7) is 3.28. The van der Waals surface area contributed by atoms with Gasteiger partial charge in [0, 0.05) is 0 Å². The van der Waals surface area contributed by atoms with Crippen LogP contribution in [-0.2, 0) is 9.53 Å². The van der Waals surface area contributed by atoms with E-state index in [0.29, 0.717) is 11.4 Å². The maximum atomic E-state index is 11.9. The summed E-state index contributed by atoms with van der Waals surface area (Å²) in [5, 5.41) is 6.11. The summed E-state index contributed by atoms with van der Waals surface area (Å²) >= 11 is 0. The molecule has 22 heavy (non-hydrogen) atoms. The van der Waals surface area contributed by atoms with Gasteiger partial charge >= 0.3 is 5.97 Å². The monoisotopic (exact) mass is 304 g/mol. The number of ether oxygens (including phenoxy) is 2. The van der Waals surface area contributed by atoms with E-state index in [1.54, 1.807) is 38.1 Å². The lowest BCUT2D eigenvalue weighted by atomic mass is 10.2. The van der Waals surface area contributed by atoms with E-state index in [-0.39, 0.29) is 24.7 Å². The zero-order valence-electron chi connectivity index (χ0n) is 12.3. The number of para-hydroxylation sites is 1. The molecule has 1 N–H and O–H groups in total. The lowest BCUT2D eigenvalue weighted by molar-refractivity contribution is -0.118. The Labute approximate surface area is 127 Å². The summed E-state index contributed by atoms with van der Waals surface area (Å²) in [4.78, 5) is 23.7. The van der Waals surface area contributed by atoms with E-state index in [1.165, 1.54) is 0 Å². The molecule has 0 saturated heterocycles. The van der Waals surface area contributed by atoms with Gasteiger partial charge < -0.3 is 14.0 Å². The second kappa shape index (κ2) is 7.26. The minimum Gasteiger partial charge on any atom is -0.484 e. The van der Waals surface area contributed by atoms with Crippen molar-refractivity contribution in [3.63, 3.8) is 0 Å². The third-order valence-electron chi connectivity index (χ3n) is 2.71. The number of carbonyl (C=O) groups excluding carboxylic acids is 2. The van der Waals surface area contributed by atoms with Gasteiger partial charge in [-0.15, -0.1) is 0 Å². The van der Waals surface area contributed by atoms with Crippen molar-refractivity contribution in [2.75, 3.05) is 18.5 Å². The van der Waals surface area contributed by atoms with Gasteiger partial charge in [0.25, 0.3) is 5.91 Å². The second-order valence-corrected chi connectivity index (χ2v) is 4.34. The number of aromatic nitrogens is 1. The van der Waals surface area contributed by atoms with Gasteiger partial charge in [-0.3, -0.25) is 10.1 Å². The van der Waals surface area contributed by atoms with Crippen LogP contribution in [-0.4, -0.2) is 30.2 Å². The van der Waals surface area contributed by atoms with E-state index < -0.39 is 11.9 Å². The fraction of sp³-hybridized carbons (Fsp3) is 0.267. The molecular weight excluding hydrogens is 288 g/mol. The first-order valence-electron chi connectivity index (χ1n) is 6.73. The van der Waals surface area contributed by atoms with Crippen molar-refractivity contribution in [3.05, 3.63) is 41.6 Å². The van der Waals surface area contributed by atoms with E-state index in [2.05, 4.69) is 10.5 Å². The molecule has 1 amide bonds. The molecule has 2 rings (SSSR count). The molecule has 7 heteroatoms. The zero-order valence-corrected chi connectivity index (χ0v) is 12.3. The zero-order chi connectivity index (χ0) is 15.9. The van der Waals surface area contributed by atoms with Crippen LogP contribution in [0.3, 0.4) is 0 Å². The molecule has 0 spiro atoms. The van der Waals surface area contributed by atoms with Crippen LogP contribution in [0.2, 0.25) is 0 Å². The van der Waals surface area contributed by atoms with Crippen molar-refractivity contribution < 1.29 is 23.6 Å². The largest absolute Gasteiger partial charge is 0.484 e. The predicted octanol–water partition coefficient (Wildman–Crippen LogP) is 2.18. The number of hydrogen-bond donors (Lipinski definition) is 1. The summed E-state index contributed by atoms with van der Waals surface area (Å²) in [5.41, 5.74) is 0.452. The van der Waals surface area contributed by atoms with Crippen molar-refractivity contribution >= 4 is 17.8 Å². The summed E-state index contributed by atoms with van der Waals surface area (Å²) in [7, 11) is 0. The van der Waals surface area contributed by atoms with Gasteiger partial charge in [-0.2, -0.15) is 0 Å². The van der Waals surface area contributed by atoms with Crippen LogP contribution in [0, 0.1) is 6.92 Å². The Morgan fingerprint density at radius 1 is 1.27 bits per heavy atom. The molecule has 0 aliphatic heterocycles. The van der Waals surface area contributed by atoms with Crippen molar-refractivity contribution in [1.82, 2.24) is 5.16 Å². The number of carbonyl (C=O) groups is 2. The molecule has 0 aliphatic carbocycles. The maximum absolute atomic E-state index is 11.9. The SMILES string of the molecule is CCOC(=O)c1c(C)noc1NC(=O)COc1ccccc1. The van der Waals surface area contributed by atoms with Gasteiger partial charge in [0.2, 0.25) is 5.88 Å². The number of nitrogens with one attached hydrogen (secondary N) is 1. The Bertz CT molecular complexity index is 651. The average Bonchev–Trinajstić information content (AvgIpc) is 2.87. The van der Waals surface area contributed by atoms with Crippen LogP contribution >= 0.6 is 0 Å². The minimum atomic E-state index is -0.597. The molecule has 7 nitrogen and oxygen atoms in total. The van der Waals surface area contributed by atoms with E-state index in [4.69, 9.17) is 14.0 Å². The van der Waals surface area contributed by atoms with Gasteiger partial charge in [-0.05, 0) is 26.0 Å². The Morgan fingerprint density at radius 2 is 2.00 bits per heavy atom. The number of benzene rings is 1. The molecule has 0 unspecified atom stereocenters. The molecule has 0 radical (unpaired) electrons. The molecular formula is C15H16N2O5. The van der Waals surface area contributed by atoms with Gasteiger partial charge in [-0.25, -0.2) is 4.79 Å². The number of anilines is 1. The molecule has 2 aromatic rings. The third kappa shape index (κ3) is 3.85. The molecule has 1 aromatic heterocycles. The molecule has 116 valence electrons. The quantitative estimate of drug-likeness (QED) is 0.823. The van der Waals surface area contributed by atoms with Gasteiger partial charge in [0.1, 0.15) is 11.3 Å². The summed E-state index contributed by atoms with van der Waals surface area (Å²) < 4.78 is 15.1. The molecule has 0 atom stereocenters. The van der Waals surface area contributed by atoms with Crippen LogP contribution < -0.4 is 10.1 Å². The highest BCUT2D eigenvalue weighted by Crippen LogP contribution is 2.20. The van der Waals surface area contributed by atoms with Crippen LogP contribution in [0.1, 0.15) is 23.0 Å². The van der Waals surface area contributed by atoms with Gasteiger partial charge in [-0.1, -0.05) is 23.4 Å². The number of nitrogens with zero attached hydrogens (tertiary/aromatic N) is 1. The van der Waals surface area contributed by atoms with Crippen LogP contribution in [0.4, 0.5) is 5.88 Å². The number of rotatable bonds is 6. The van der Waals surface area contributed by atoms with E-state index in [0.717, 1.165) is 0 Å². The highest BCUT2D eigenvalue weighted by atomic mass is 16.5. The average molecular weight is 304 g/mol. The number of esters is 1. The fourth-order valence-electron chi connectivity index (χ4n) is 1.73. The van der Waals surface area contributed by atoms with E-state index in [1.807, 2.05) is 6.07 Å². The Hall–Kier alpha value is -2.83. The molecule has 0 saturated carbocycles. The van der Waals surface area contributed by atoms with Crippen molar-refractivity contribution in [2.45, 2.75) is 13.8 Å². The van der Waals surface area contributed by atoms with Crippen molar-refractivity contribution in [3.8, 4) is 5.75 Å². The molecule has 1 heterocycles. The Morgan fingerprint density at radius 3 is 2.68 bits per heavy atom. The van der Waals surface area contributed by atoms with Gasteiger partial charge in [0.15, 0.2) is 6.61 Å². The minimum absolute atomic E-state index is 0.0439. The maximum Gasteiger partial charge on any atom is 0.345 e. The molecule has 1 aromatic carbocycles. The topological polar surface area (TPSA) is 90.7 Å². The number of amides is 1. The lowest BCUT2D eigenvalue weighted by Crippen LogP contribution is -2.21. The lowest BCUT2D eigenvalue weighted by Gasteiger charge is -2.06. The number of aryl methyl sites for hydroxylation is 1. The van der Waals surface area contributed by atoms with Crippen LogP contribution in [0.25, 0.3) is 0 Å². The summed E-state index contributed by atoms with van der Waals surface area (Å²) in [6, 6.07) is 8.90. The first kappa shape index (κ1) is 15.6. The van der Waals surface area contributed by atoms with E-state index >= 15 is 0 Å². The highest BCUT2D eigenvalue weighted by Gasteiger charge is 2.23. The van der Waals surface area contributed by atoms with Crippen molar-refractivity contribution in [1.29, 1.82) is 0 Å². The van der Waals surface area contributed by atoms with Crippen LogP contribution in [0.15, 0.2) is 34.9 Å². The first-order valence-corrected chi connectivity index (χ1v) is 6.73. The molecule has 0 bridgehead atoms. The molecule has 0 fully saturated rings. The molecule has 0 aliphatic rings. The summed E-state index contributed by atoms with van der Waals surface area (Å²) in [6.07, 6.45) is 0. The standard InChI is InChI=1S/C15H16N2O5/c1-3-20-15(19)13-10(2)17-22-14(13)16-12(18)9-21-11-7-5-4-6-8-11/h4-8H,3,9H2,1-2H3,(H,16,18). The van der Waals surface area contributed by atoms with Crippen molar-refractivity contribution in [2.24, 2.45) is 0 Å². The number of hydrogen-bond acceptors (Lipinski definition) is 6. The third-order valence-corrected chi connectivity index (χ3v) is 2.71. The van der Waals surface area contributed by atoms with Crippen LogP contribution in [0.5, 0.6) is 5.75 Å². The Balaban J connectivity index is 1.98. The van der Waals surface area contributed by atoms with E-state index in [9.17, 15) is 9.59 Å². The first-order chi connectivity index (χ1) is 10.6. The fourth-order valence-corrected chi connectivity index (χ4v) is 1.73. The van der Waals surface area contributed by atoms with Gasteiger partial charge in [0.05, 0.1) is 12.3 Å². The predicted molar refractivity (Wildman–Crippen MR) is 77.8 cm³/mol. The Kier molecular flexibility index (Phi) is 5.13. The highest BCUT2D eigenvalue weighted by molar-refractivity contribution is 6.00. The second-order valence-electron chi connectivity index (χ2n) is 4.34. The summed E-state index contributed by atoms with van der Waals surface area (Å²) in [5.74, 6) is -0.541.